The number of pyridine rings is 1. The van der Waals surface area contributed by atoms with Crippen molar-refractivity contribution >= 4 is 38.5 Å². The Kier molecular flexibility index (Phi) is 3.81. The molecular formula is C13H13BrN2O2. The van der Waals surface area contributed by atoms with Crippen LogP contribution in [0.25, 0.3) is 10.8 Å². The first-order chi connectivity index (χ1) is 8.63. The van der Waals surface area contributed by atoms with E-state index in [9.17, 15) is 4.79 Å². The van der Waals surface area contributed by atoms with Crippen LogP contribution in [0.15, 0.2) is 34.9 Å². The third kappa shape index (κ3) is 2.46. The van der Waals surface area contributed by atoms with Crippen molar-refractivity contribution in [1.82, 2.24) is 4.98 Å². The van der Waals surface area contributed by atoms with Crippen molar-refractivity contribution in [3.8, 4) is 0 Å². The smallest absolute Gasteiger partial charge is 0.323 e. The van der Waals surface area contributed by atoms with Crippen molar-refractivity contribution in [3.05, 3.63) is 34.9 Å². The first-order valence-electron chi connectivity index (χ1n) is 5.63. The Labute approximate surface area is 113 Å². The molecule has 0 aliphatic rings. The average molecular weight is 309 g/mol. The van der Waals surface area contributed by atoms with Crippen LogP contribution in [0.3, 0.4) is 0 Å². The van der Waals surface area contributed by atoms with Gasteiger partial charge in [0, 0.05) is 28.0 Å². The number of benzene rings is 1. The molecule has 2 aromatic rings. The second kappa shape index (κ2) is 5.35. The summed E-state index contributed by atoms with van der Waals surface area (Å²) >= 11 is 3.49. The number of hydrogen-bond donors (Lipinski definition) is 1. The Morgan fingerprint density at radius 3 is 2.83 bits per heavy atom. The van der Waals surface area contributed by atoms with Gasteiger partial charge in [-0.2, -0.15) is 0 Å². The molecule has 0 saturated carbocycles. The van der Waals surface area contributed by atoms with E-state index in [-0.39, 0.29) is 6.54 Å². The molecule has 1 aromatic heterocycles. The lowest BCUT2D eigenvalue weighted by Crippen LogP contribution is -2.30. The molecule has 0 atom stereocenters. The summed E-state index contributed by atoms with van der Waals surface area (Å²) in [5.74, 6) is -0.149. The number of aliphatic carboxylic acids is 1. The van der Waals surface area contributed by atoms with Crippen LogP contribution in [0.4, 0.5) is 5.82 Å². The molecule has 4 nitrogen and oxygen atoms in total. The van der Waals surface area contributed by atoms with E-state index in [2.05, 4.69) is 20.9 Å². The van der Waals surface area contributed by atoms with Crippen LogP contribution in [0, 0.1) is 0 Å². The number of anilines is 1. The molecule has 1 heterocycles. The van der Waals surface area contributed by atoms with E-state index in [1.807, 2.05) is 31.2 Å². The number of carbonyl (C=O) groups is 1. The zero-order valence-corrected chi connectivity index (χ0v) is 11.5. The molecule has 0 radical (unpaired) electrons. The maximum absolute atomic E-state index is 10.9. The molecule has 0 aliphatic carbocycles. The van der Waals surface area contributed by atoms with Gasteiger partial charge in [0.15, 0.2) is 0 Å². The number of carboxylic acids is 1. The Bertz CT molecular complexity index is 586. The van der Waals surface area contributed by atoms with Crippen LogP contribution < -0.4 is 4.90 Å². The number of carboxylic acid groups (broad SMARTS) is 1. The Morgan fingerprint density at radius 2 is 2.17 bits per heavy atom. The van der Waals surface area contributed by atoms with Crippen LogP contribution in [-0.2, 0) is 4.79 Å². The lowest BCUT2D eigenvalue weighted by atomic mass is 10.1. The summed E-state index contributed by atoms with van der Waals surface area (Å²) in [7, 11) is 0. The quantitative estimate of drug-likeness (QED) is 0.943. The molecule has 94 valence electrons. The monoisotopic (exact) mass is 308 g/mol. The number of aromatic nitrogens is 1. The predicted octanol–water partition coefficient (Wildman–Crippen LogP) is 2.91. The molecule has 0 spiro atoms. The highest BCUT2D eigenvalue weighted by Crippen LogP contribution is 2.29. The summed E-state index contributed by atoms with van der Waals surface area (Å²) in [6.07, 6.45) is 1.70. The fourth-order valence-electron chi connectivity index (χ4n) is 1.91. The van der Waals surface area contributed by atoms with Crippen molar-refractivity contribution in [1.29, 1.82) is 0 Å². The molecule has 0 unspecified atom stereocenters. The first-order valence-corrected chi connectivity index (χ1v) is 6.42. The van der Waals surface area contributed by atoms with Gasteiger partial charge in [-0.25, -0.2) is 4.98 Å². The second-order valence-corrected chi connectivity index (χ2v) is 4.73. The Balaban J connectivity index is 2.56. The minimum absolute atomic E-state index is 0.0465. The van der Waals surface area contributed by atoms with E-state index < -0.39 is 5.97 Å². The highest BCUT2D eigenvalue weighted by molar-refractivity contribution is 9.10. The Morgan fingerprint density at radius 1 is 1.39 bits per heavy atom. The number of halogens is 1. The number of nitrogens with zero attached hydrogens (tertiary/aromatic N) is 2. The van der Waals surface area contributed by atoms with Gasteiger partial charge in [0.1, 0.15) is 12.4 Å². The third-order valence-electron chi connectivity index (χ3n) is 2.74. The van der Waals surface area contributed by atoms with Crippen molar-refractivity contribution in [2.24, 2.45) is 0 Å². The molecule has 1 N–H and O–H groups in total. The van der Waals surface area contributed by atoms with Crippen molar-refractivity contribution in [2.75, 3.05) is 18.0 Å². The highest BCUT2D eigenvalue weighted by Gasteiger charge is 2.13. The van der Waals surface area contributed by atoms with Crippen molar-refractivity contribution in [3.63, 3.8) is 0 Å². The molecule has 0 amide bonds. The van der Waals surface area contributed by atoms with E-state index in [1.165, 1.54) is 0 Å². The molecule has 0 saturated heterocycles. The molecule has 0 fully saturated rings. The topological polar surface area (TPSA) is 53.4 Å². The molecule has 5 heteroatoms. The third-order valence-corrected chi connectivity index (χ3v) is 3.43. The van der Waals surface area contributed by atoms with Gasteiger partial charge in [0.2, 0.25) is 0 Å². The summed E-state index contributed by atoms with van der Waals surface area (Å²) in [5.41, 5.74) is 0. The zero-order chi connectivity index (χ0) is 13.1. The molecular weight excluding hydrogens is 296 g/mol. The molecule has 1 aromatic carbocycles. The number of fused-ring (bicyclic) bond motifs is 1. The Hall–Kier alpha value is -1.62. The fraction of sp³-hybridized carbons (Fsp3) is 0.231. The van der Waals surface area contributed by atoms with Gasteiger partial charge in [0.25, 0.3) is 0 Å². The van der Waals surface area contributed by atoms with Gasteiger partial charge < -0.3 is 10.0 Å². The van der Waals surface area contributed by atoms with Gasteiger partial charge in [-0.15, -0.1) is 0 Å². The molecule has 0 aliphatic heterocycles. The summed E-state index contributed by atoms with van der Waals surface area (Å²) < 4.78 is 0.982. The first kappa shape index (κ1) is 12.8. The van der Waals surface area contributed by atoms with Gasteiger partial charge in [-0.1, -0.05) is 28.1 Å². The standard InChI is InChI=1S/C13H13BrN2O2/c1-2-16(8-12(17)18)13-10-4-3-5-11(14)9(10)6-7-15-13/h3-7H,2,8H2,1H3,(H,17,18). The lowest BCUT2D eigenvalue weighted by Gasteiger charge is -2.21. The van der Waals surface area contributed by atoms with E-state index in [4.69, 9.17) is 5.11 Å². The minimum Gasteiger partial charge on any atom is -0.480 e. The second-order valence-electron chi connectivity index (χ2n) is 3.88. The van der Waals surface area contributed by atoms with Crippen LogP contribution in [0.1, 0.15) is 6.92 Å². The molecule has 18 heavy (non-hydrogen) atoms. The summed E-state index contributed by atoms with van der Waals surface area (Å²) in [6, 6.07) is 7.75. The van der Waals surface area contributed by atoms with Crippen LogP contribution in [0.5, 0.6) is 0 Å². The number of likely N-dealkylation sites (N-methyl/N-ethyl adjacent to an activating group) is 1. The highest BCUT2D eigenvalue weighted by atomic mass is 79.9. The van der Waals surface area contributed by atoms with Gasteiger partial charge in [-0.3, -0.25) is 4.79 Å². The van der Waals surface area contributed by atoms with Crippen LogP contribution in [0.2, 0.25) is 0 Å². The lowest BCUT2D eigenvalue weighted by molar-refractivity contribution is -0.135. The van der Waals surface area contributed by atoms with E-state index in [1.54, 1.807) is 11.1 Å². The van der Waals surface area contributed by atoms with E-state index in [0.29, 0.717) is 12.4 Å². The largest absolute Gasteiger partial charge is 0.480 e. The summed E-state index contributed by atoms with van der Waals surface area (Å²) in [6.45, 7) is 2.47. The van der Waals surface area contributed by atoms with Gasteiger partial charge >= 0.3 is 5.97 Å². The van der Waals surface area contributed by atoms with Gasteiger partial charge in [-0.05, 0) is 19.1 Å². The van der Waals surface area contributed by atoms with Crippen molar-refractivity contribution < 1.29 is 9.90 Å². The number of rotatable bonds is 4. The summed E-state index contributed by atoms with van der Waals surface area (Å²) in [4.78, 5) is 16.9. The maximum Gasteiger partial charge on any atom is 0.323 e. The normalized spacial score (nSPS) is 10.6. The predicted molar refractivity (Wildman–Crippen MR) is 75.0 cm³/mol. The number of hydrogen-bond acceptors (Lipinski definition) is 3. The average Bonchev–Trinajstić information content (AvgIpc) is 2.36. The van der Waals surface area contributed by atoms with E-state index in [0.717, 1.165) is 15.2 Å². The summed E-state index contributed by atoms with van der Waals surface area (Å²) in [5, 5.41) is 10.9. The SMILES string of the molecule is CCN(CC(=O)O)c1nccc2c(Br)cccc12. The van der Waals surface area contributed by atoms with Crippen molar-refractivity contribution in [2.45, 2.75) is 6.92 Å². The van der Waals surface area contributed by atoms with Gasteiger partial charge in [0.05, 0.1) is 0 Å². The maximum atomic E-state index is 10.9. The minimum atomic E-state index is -0.856. The zero-order valence-electron chi connectivity index (χ0n) is 9.93. The molecule has 2 rings (SSSR count). The van der Waals surface area contributed by atoms with E-state index >= 15 is 0 Å². The molecule has 0 bridgehead atoms. The fourth-order valence-corrected chi connectivity index (χ4v) is 2.40. The van der Waals surface area contributed by atoms with Crippen LogP contribution >= 0.6 is 15.9 Å². The van der Waals surface area contributed by atoms with Crippen LogP contribution in [-0.4, -0.2) is 29.1 Å².